The van der Waals surface area contributed by atoms with E-state index < -0.39 is 0 Å². The van der Waals surface area contributed by atoms with Gasteiger partial charge >= 0.3 is 0 Å². The minimum absolute atomic E-state index is 0.102. The molecular weight excluding hydrogens is 376 g/mol. The van der Waals surface area contributed by atoms with Crippen molar-refractivity contribution in [2.75, 3.05) is 25.5 Å². The summed E-state index contributed by atoms with van der Waals surface area (Å²) in [6.45, 7) is 3.69. The van der Waals surface area contributed by atoms with E-state index in [-0.39, 0.29) is 12.5 Å². The number of para-hydroxylation sites is 2. The van der Waals surface area contributed by atoms with Gasteiger partial charge in [-0.05, 0) is 43.7 Å². The van der Waals surface area contributed by atoms with Gasteiger partial charge in [0.05, 0.1) is 17.6 Å². The molecule has 3 N–H and O–H groups in total. The molecule has 3 rings (SSSR count). The summed E-state index contributed by atoms with van der Waals surface area (Å²) in [5.41, 5.74) is 3.55. The number of fused-ring (bicyclic) bond motifs is 1. The van der Waals surface area contributed by atoms with E-state index in [9.17, 15) is 4.79 Å². The molecular formula is C23H26N6O. The Hall–Kier alpha value is -3.79. The predicted molar refractivity (Wildman–Crippen MR) is 121 cm³/mol. The maximum Gasteiger partial charge on any atom is 0.243 e. The van der Waals surface area contributed by atoms with E-state index in [1.165, 1.54) is 0 Å². The molecule has 0 saturated carbocycles. The normalized spacial score (nSPS) is 11.2. The molecule has 154 valence electrons. The van der Waals surface area contributed by atoms with Crippen molar-refractivity contribution in [1.82, 2.24) is 20.2 Å². The topological polar surface area (TPSA) is 83.3 Å². The largest absolute Gasteiger partial charge is 0.356 e. The third-order valence-corrected chi connectivity index (χ3v) is 4.65. The van der Waals surface area contributed by atoms with E-state index in [4.69, 9.17) is 6.42 Å². The molecule has 1 aromatic heterocycles. The number of amides is 1. The summed E-state index contributed by atoms with van der Waals surface area (Å²) < 4.78 is 2.21. The molecule has 0 saturated heterocycles. The van der Waals surface area contributed by atoms with Gasteiger partial charge in [-0.1, -0.05) is 24.1 Å². The zero-order valence-corrected chi connectivity index (χ0v) is 17.3. The molecule has 0 spiro atoms. The smallest absolute Gasteiger partial charge is 0.243 e. The molecule has 0 aliphatic carbocycles. The van der Waals surface area contributed by atoms with Crippen LogP contribution in [0.5, 0.6) is 0 Å². The Morgan fingerprint density at radius 3 is 2.83 bits per heavy atom. The number of carbonyl (C=O) groups is 1. The van der Waals surface area contributed by atoms with E-state index in [1.807, 2.05) is 37.3 Å². The lowest BCUT2D eigenvalue weighted by molar-refractivity contribution is -0.115. The van der Waals surface area contributed by atoms with Gasteiger partial charge in [0.2, 0.25) is 5.91 Å². The summed E-state index contributed by atoms with van der Waals surface area (Å²) >= 11 is 0. The Morgan fingerprint density at radius 2 is 2.03 bits per heavy atom. The minimum atomic E-state index is -0.173. The van der Waals surface area contributed by atoms with Gasteiger partial charge in [-0.3, -0.25) is 9.79 Å². The number of benzene rings is 2. The number of anilines is 1. The number of terminal acetylenes is 1. The molecule has 0 aliphatic heterocycles. The third kappa shape index (κ3) is 5.39. The van der Waals surface area contributed by atoms with E-state index in [0.29, 0.717) is 11.6 Å². The highest BCUT2D eigenvalue weighted by atomic mass is 16.1. The Kier molecular flexibility index (Phi) is 7.06. The van der Waals surface area contributed by atoms with Crippen LogP contribution in [0.2, 0.25) is 0 Å². The van der Waals surface area contributed by atoms with Gasteiger partial charge in [0.1, 0.15) is 5.82 Å². The van der Waals surface area contributed by atoms with Crippen molar-refractivity contribution in [2.45, 2.75) is 19.9 Å². The molecule has 1 amide bonds. The quantitative estimate of drug-likeness (QED) is 0.245. The molecule has 3 aromatic rings. The van der Waals surface area contributed by atoms with Gasteiger partial charge < -0.3 is 20.5 Å². The molecule has 0 aliphatic rings. The summed E-state index contributed by atoms with van der Waals surface area (Å²) in [5.74, 6) is 3.96. The summed E-state index contributed by atoms with van der Waals surface area (Å²) in [5, 5.41) is 9.07. The van der Waals surface area contributed by atoms with Crippen molar-refractivity contribution in [3.05, 3.63) is 59.9 Å². The van der Waals surface area contributed by atoms with Crippen LogP contribution < -0.4 is 16.0 Å². The maximum absolute atomic E-state index is 12.2. The van der Waals surface area contributed by atoms with Crippen LogP contribution in [0.15, 0.2) is 53.5 Å². The van der Waals surface area contributed by atoms with Crippen molar-refractivity contribution >= 4 is 28.6 Å². The van der Waals surface area contributed by atoms with Gasteiger partial charge in [-0.15, -0.1) is 6.42 Å². The fourth-order valence-electron chi connectivity index (χ4n) is 3.20. The van der Waals surface area contributed by atoms with Crippen molar-refractivity contribution < 1.29 is 4.79 Å². The van der Waals surface area contributed by atoms with Gasteiger partial charge in [-0.2, -0.15) is 0 Å². The minimum Gasteiger partial charge on any atom is -0.356 e. The Balaban J connectivity index is 1.43. The zero-order chi connectivity index (χ0) is 21.3. The van der Waals surface area contributed by atoms with Crippen LogP contribution in [0.4, 0.5) is 5.69 Å². The number of guanidine groups is 1. The monoisotopic (exact) mass is 402 g/mol. The second kappa shape index (κ2) is 10.1. The van der Waals surface area contributed by atoms with Crippen molar-refractivity contribution in [2.24, 2.45) is 4.99 Å². The average Bonchev–Trinajstić information content (AvgIpc) is 3.08. The molecule has 2 aromatic carbocycles. The first-order valence-electron chi connectivity index (χ1n) is 9.83. The first-order valence-corrected chi connectivity index (χ1v) is 9.83. The van der Waals surface area contributed by atoms with Crippen LogP contribution >= 0.6 is 0 Å². The molecule has 7 nitrogen and oxygen atoms in total. The molecule has 0 radical (unpaired) electrons. The summed E-state index contributed by atoms with van der Waals surface area (Å²) in [6, 6.07) is 15.3. The second-order valence-corrected chi connectivity index (χ2v) is 6.78. The molecule has 1 heterocycles. The standard InChI is InChI=1S/C23H26N6O/c1-4-18-9-7-10-19(15-18)28-22(30)16-26-23(24-3)25-13-8-14-29-17(2)27-20-11-5-6-12-21(20)29/h1,5-7,9-12,15H,8,13-14,16H2,2-3H3,(H,28,30)(H2,24,25,26). The lowest BCUT2D eigenvalue weighted by atomic mass is 10.2. The highest BCUT2D eigenvalue weighted by molar-refractivity contribution is 5.95. The van der Waals surface area contributed by atoms with Crippen LogP contribution in [0.25, 0.3) is 11.0 Å². The van der Waals surface area contributed by atoms with Crippen molar-refractivity contribution in [1.29, 1.82) is 0 Å². The summed E-state index contributed by atoms with van der Waals surface area (Å²) in [7, 11) is 1.68. The highest BCUT2D eigenvalue weighted by Crippen LogP contribution is 2.15. The van der Waals surface area contributed by atoms with Crippen LogP contribution in [-0.4, -0.2) is 41.6 Å². The number of carbonyl (C=O) groups excluding carboxylic acids is 1. The SMILES string of the molecule is C#Cc1cccc(NC(=O)CNC(=NC)NCCCn2c(C)nc3ccccc32)c1. The summed E-state index contributed by atoms with van der Waals surface area (Å²) in [4.78, 5) is 20.9. The maximum atomic E-state index is 12.2. The van der Waals surface area contributed by atoms with Gasteiger partial charge in [0, 0.05) is 31.4 Å². The Bertz CT molecular complexity index is 1090. The fourth-order valence-corrected chi connectivity index (χ4v) is 3.20. The number of hydrogen-bond acceptors (Lipinski definition) is 3. The predicted octanol–water partition coefficient (Wildman–Crippen LogP) is 2.52. The molecule has 0 atom stereocenters. The number of aryl methyl sites for hydroxylation is 2. The van der Waals surface area contributed by atoms with E-state index in [1.54, 1.807) is 19.2 Å². The van der Waals surface area contributed by atoms with Gasteiger partial charge in [0.25, 0.3) is 0 Å². The van der Waals surface area contributed by atoms with Crippen molar-refractivity contribution in [3.8, 4) is 12.3 Å². The van der Waals surface area contributed by atoms with E-state index in [2.05, 4.69) is 42.5 Å². The lowest BCUT2D eigenvalue weighted by Crippen LogP contribution is -2.41. The highest BCUT2D eigenvalue weighted by Gasteiger charge is 2.07. The summed E-state index contributed by atoms with van der Waals surface area (Å²) in [6.07, 6.45) is 6.28. The molecule has 7 heteroatoms. The van der Waals surface area contributed by atoms with Gasteiger partial charge in [0.15, 0.2) is 5.96 Å². The molecule has 0 bridgehead atoms. The Morgan fingerprint density at radius 1 is 1.20 bits per heavy atom. The number of aliphatic imine (C=N–C) groups is 1. The van der Waals surface area contributed by atoms with Crippen LogP contribution in [0, 0.1) is 19.3 Å². The van der Waals surface area contributed by atoms with Crippen LogP contribution in [0.1, 0.15) is 17.8 Å². The number of hydrogen-bond donors (Lipinski definition) is 3. The van der Waals surface area contributed by atoms with Crippen molar-refractivity contribution in [3.63, 3.8) is 0 Å². The number of imidazole rings is 1. The first-order chi connectivity index (χ1) is 14.6. The lowest BCUT2D eigenvalue weighted by Gasteiger charge is -2.13. The second-order valence-electron chi connectivity index (χ2n) is 6.78. The van der Waals surface area contributed by atoms with E-state index in [0.717, 1.165) is 41.9 Å². The molecule has 30 heavy (non-hydrogen) atoms. The fraction of sp³-hybridized carbons (Fsp3) is 0.261. The Labute approximate surface area is 176 Å². The van der Waals surface area contributed by atoms with E-state index >= 15 is 0 Å². The first kappa shape index (κ1) is 20.9. The zero-order valence-electron chi connectivity index (χ0n) is 17.3. The number of nitrogens with one attached hydrogen (secondary N) is 3. The average molecular weight is 403 g/mol. The number of rotatable bonds is 7. The van der Waals surface area contributed by atoms with Gasteiger partial charge in [-0.25, -0.2) is 4.98 Å². The number of aromatic nitrogens is 2. The molecule has 0 unspecified atom stereocenters. The van der Waals surface area contributed by atoms with Crippen LogP contribution in [0.3, 0.4) is 0 Å². The third-order valence-electron chi connectivity index (χ3n) is 4.65. The number of nitrogens with zero attached hydrogens (tertiary/aromatic N) is 3. The molecule has 0 fully saturated rings. The van der Waals surface area contributed by atoms with Crippen LogP contribution in [-0.2, 0) is 11.3 Å².